The van der Waals surface area contributed by atoms with Crippen molar-refractivity contribution in [1.82, 2.24) is 0 Å². The van der Waals surface area contributed by atoms with Crippen molar-refractivity contribution in [3.05, 3.63) is 42.0 Å². The Morgan fingerprint density at radius 1 is 1.00 bits per heavy atom. The van der Waals surface area contributed by atoms with Gasteiger partial charge in [0.15, 0.2) is 5.78 Å². The molecule has 0 N–H and O–H groups in total. The van der Waals surface area contributed by atoms with Crippen molar-refractivity contribution in [1.29, 1.82) is 0 Å². The van der Waals surface area contributed by atoms with E-state index in [2.05, 4.69) is 6.92 Å². The van der Waals surface area contributed by atoms with Gasteiger partial charge in [-0.2, -0.15) is 0 Å². The number of carbonyl (C=O) groups is 2. The topological polar surface area (TPSA) is 43.4 Å². The summed E-state index contributed by atoms with van der Waals surface area (Å²) in [4.78, 5) is 23.6. The van der Waals surface area contributed by atoms with Crippen LogP contribution in [0.4, 0.5) is 0 Å². The average Bonchev–Trinajstić information content (AvgIpc) is 2.57. The monoisotopic (exact) mass is 330 g/mol. The van der Waals surface area contributed by atoms with E-state index in [1.54, 1.807) is 24.3 Å². The molecule has 1 rings (SSSR count). The predicted octanol–water partition coefficient (Wildman–Crippen LogP) is 5.74. The summed E-state index contributed by atoms with van der Waals surface area (Å²) < 4.78 is 5.23. The quantitative estimate of drug-likeness (QED) is 0.171. The first-order valence-electron chi connectivity index (χ1n) is 9.07. The summed E-state index contributed by atoms with van der Waals surface area (Å²) in [5, 5.41) is 0. The minimum Gasteiger partial charge on any atom is -0.423 e. The highest BCUT2D eigenvalue weighted by Crippen LogP contribution is 2.15. The summed E-state index contributed by atoms with van der Waals surface area (Å²) in [5.74, 6) is 0.142. The molecule has 132 valence electrons. The molecule has 0 saturated carbocycles. The van der Waals surface area contributed by atoms with Gasteiger partial charge in [0.2, 0.25) is 0 Å². The second kappa shape index (κ2) is 11.6. The van der Waals surface area contributed by atoms with Crippen LogP contribution in [0.3, 0.4) is 0 Å². The molecule has 1 aromatic rings. The van der Waals surface area contributed by atoms with Gasteiger partial charge >= 0.3 is 5.97 Å². The molecule has 0 unspecified atom stereocenters. The van der Waals surface area contributed by atoms with Gasteiger partial charge in [0.05, 0.1) is 0 Å². The fraction of sp³-hybridized carbons (Fsp3) is 0.524. The lowest BCUT2D eigenvalue weighted by atomic mass is 10.0. The minimum absolute atomic E-state index is 0.0386. The number of hydrogen-bond acceptors (Lipinski definition) is 3. The second-order valence-corrected chi connectivity index (χ2v) is 6.42. The fourth-order valence-electron chi connectivity index (χ4n) is 2.39. The van der Waals surface area contributed by atoms with Crippen LogP contribution in [-0.4, -0.2) is 11.8 Å². The summed E-state index contributed by atoms with van der Waals surface area (Å²) in [7, 11) is 0. The van der Waals surface area contributed by atoms with Crippen molar-refractivity contribution in [3.63, 3.8) is 0 Å². The second-order valence-electron chi connectivity index (χ2n) is 6.42. The molecule has 0 aliphatic rings. The largest absolute Gasteiger partial charge is 0.423 e. The van der Waals surface area contributed by atoms with Gasteiger partial charge in [0.1, 0.15) is 5.75 Å². The van der Waals surface area contributed by atoms with Gasteiger partial charge in [-0.3, -0.25) is 4.79 Å². The van der Waals surface area contributed by atoms with E-state index in [0.29, 0.717) is 11.3 Å². The van der Waals surface area contributed by atoms with Crippen molar-refractivity contribution in [2.45, 2.75) is 65.7 Å². The Labute approximate surface area is 146 Å². The number of rotatable bonds is 11. The average molecular weight is 330 g/mol. The standard InChI is InChI=1S/C21H30O3/c1-4-5-6-7-8-9-10-11-12-20(22)24-19-15-13-18(14-16-19)21(23)17(2)3/h11-17H,4-10H2,1-3H3/b12-11+. The van der Waals surface area contributed by atoms with Crippen LogP contribution in [0.25, 0.3) is 0 Å². The van der Waals surface area contributed by atoms with Gasteiger partial charge < -0.3 is 4.74 Å². The molecule has 0 aliphatic heterocycles. The molecule has 0 saturated heterocycles. The van der Waals surface area contributed by atoms with Gasteiger partial charge in [0.25, 0.3) is 0 Å². The zero-order valence-electron chi connectivity index (χ0n) is 15.2. The van der Waals surface area contributed by atoms with E-state index in [0.717, 1.165) is 12.8 Å². The maximum absolute atomic E-state index is 11.8. The first kappa shape index (κ1) is 20.1. The smallest absolute Gasteiger partial charge is 0.335 e. The van der Waals surface area contributed by atoms with Gasteiger partial charge in [-0.05, 0) is 37.1 Å². The number of hydrogen-bond donors (Lipinski definition) is 0. The van der Waals surface area contributed by atoms with Crippen LogP contribution < -0.4 is 4.74 Å². The van der Waals surface area contributed by atoms with Crippen molar-refractivity contribution in [3.8, 4) is 5.75 Å². The molecule has 1 aromatic carbocycles. The molecule has 0 fully saturated rings. The SMILES string of the molecule is CCCCCCCC/C=C/C(=O)Oc1ccc(C(=O)C(C)C)cc1. The molecular formula is C21H30O3. The summed E-state index contributed by atoms with van der Waals surface area (Å²) >= 11 is 0. The summed E-state index contributed by atoms with van der Waals surface area (Å²) in [5.41, 5.74) is 0.642. The van der Waals surface area contributed by atoms with Crippen molar-refractivity contribution in [2.75, 3.05) is 0 Å². The van der Waals surface area contributed by atoms with Crippen molar-refractivity contribution < 1.29 is 14.3 Å². The van der Waals surface area contributed by atoms with E-state index in [1.807, 2.05) is 19.9 Å². The minimum atomic E-state index is -0.371. The molecule has 0 atom stereocenters. The van der Waals surface area contributed by atoms with E-state index in [1.165, 1.54) is 38.2 Å². The fourth-order valence-corrected chi connectivity index (χ4v) is 2.39. The number of Topliss-reactive ketones (excluding diaryl/α,β-unsaturated/α-hetero) is 1. The van der Waals surface area contributed by atoms with E-state index >= 15 is 0 Å². The van der Waals surface area contributed by atoms with E-state index in [4.69, 9.17) is 4.74 Å². The van der Waals surface area contributed by atoms with Crippen LogP contribution in [0.2, 0.25) is 0 Å². The Bertz CT molecular complexity index is 527. The maximum Gasteiger partial charge on any atom is 0.335 e. The molecule has 3 nitrogen and oxygen atoms in total. The number of unbranched alkanes of at least 4 members (excludes halogenated alkanes) is 6. The Morgan fingerprint density at radius 2 is 1.62 bits per heavy atom. The first-order chi connectivity index (χ1) is 11.5. The van der Waals surface area contributed by atoms with E-state index in [-0.39, 0.29) is 17.7 Å². The molecule has 24 heavy (non-hydrogen) atoms. The lowest BCUT2D eigenvalue weighted by Gasteiger charge is -2.05. The summed E-state index contributed by atoms with van der Waals surface area (Å²) in [6.45, 7) is 5.94. The number of ketones is 1. The third-order valence-corrected chi connectivity index (χ3v) is 3.86. The summed E-state index contributed by atoms with van der Waals surface area (Å²) in [6, 6.07) is 6.72. The van der Waals surface area contributed by atoms with Gasteiger partial charge in [-0.25, -0.2) is 4.79 Å². The van der Waals surface area contributed by atoms with E-state index in [9.17, 15) is 9.59 Å². The van der Waals surface area contributed by atoms with Crippen LogP contribution in [0, 0.1) is 5.92 Å². The third kappa shape index (κ3) is 8.09. The number of allylic oxidation sites excluding steroid dienone is 1. The molecule has 0 aromatic heterocycles. The van der Waals surface area contributed by atoms with Gasteiger partial charge in [-0.15, -0.1) is 0 Å². The van der Waals surface area contributed by atoms with Gasteiger partial charge in [-0.1, -0.05) is 59.0 Å². The third-order valence-electron chi connectivity index (χ3n) is 3.86. The molecule has 0 heterocycles. The normalized spacial score (nSPS) is 11.2. The van der Waals surface area contributed by atoms with Crippen LogP contribution in [0.1, 0.15) is 76.1 Å². The lowest BCUT2D eigenvalue weighted by Crippen LogP contribution is -2.08. The van der Waals surface area contributed by atoms with Crippen molar-refractivity contribution >= 4 is 11.8 Å². The van der Waals surface area contributed by atoms with Crippen molar-refractivity contribution in [2.24, 2.45) is 5.92 Å². The summed E-state index contributed by atoms with van der Waals surface area (Å²) in [6.07, 6.45) is 11.7. The Kier molecular flexibility index (Phi) is 9.74. The van der Waals surface area contributed by atoms with Crippen LogP contribution in [-0.2, 0) is 4.79 Å². The van der Waals surface area contributed by atoms with Gasteiger partial charge in [0, 0.05) is 17.6 Å². The molecule has 0 bridgehead atoms. The molecule has 3 heteroatoms. The molecule has 0 amide bonds. The number of ether oxygens (including phenoxy) is 1. The first-order valence-corrected chi connectivity index (χ1v) is 9.07. The highest BCUT2D eigenvalue weighted by molar-refractivity contribution is 5.97. The zero-order valence-corrected chi connectivity index (χ0v) is 15.2. The van der Waals surface area contributed by atoms with E-state index < -0.39 is 0 Å². The highest BCUT2D eigenvalue weighted by Gasteiger charge is 2.10. The Balaban J connectivity index is 2.29. The lowest BCUT2D eigenvalue weighted by molar-refractivity contribution is -0.129. The number of esters is 1. The highest BCUT2D eigenvalue weighted by atomic mass is 16.5. The van der Waals surface area contributed by atoms with Crippen LogP contribution in [0.15, 0.2) is 36.4 Å². The molecular weight excluding hydrogens is 300 g/mol. The molecule has 0 radical (unpaired) electrons. The number of benzene rings is 1. The Morgan fingerprint density at radius 3 is 2.25 bits per heavy atom. The predicted molar refractivity (Wildman–Crippen MR) is 98.4 cm³/mol. The van der Waals surface area contributed by atoms with Crippen LogP contribution >= 0.6 is 0 Å². The molecule has 0 aliphatic carbocycles. The Hall–Kier alpha value is -1.90. The zero-order chi connectivity index (χ0) is 17.8. The maximum atomic E-state index is 11.8. The number of carbonyl (C=O) groups excluding carboxylic acids is 2. The molecule has 0 spiro atoms. The van der Waals surface area contributed by atoms with Crippen LogP contribution in [0.5, 0.6) is 5.75 Å².